The normalized spacial score (nSPS) is 10.7. The van der Waals surface area contributed by atoms with Gasteiger partial charge in [0, 0.05) is 19.2 Å². The Hall–Kier alpha value is -3.28. The number of ether oxygens (including phenoxy) is 1. The van der Waals surface area contributed by atoms with E-state index in [1.165, 1.54) is 24.5 Å². The van der Waals surface area contributed by atoms with Gasteiger partial charge in [0.15, 0.2) is 5.43 Å². The van der Waals surface area contributed by atoms with Gasteiger partial charge in [-0.1, -0.05) is 12.1 Å². The number of hydrogen-bond donors (Lipinski definition) is 1. The van der Waals surface area contributed by atoms with E-state index < -0.39 is 6.09 Å². The second-order valence-electron chi connectivity index (χ2n) is 5.72. The van der Waals surface area contributed by atoms with Crippen molar-refractivity contribution in [1.82, 2.24) is 4.90 Å². The van der Waals surface area contributed by atoms with Crippen molar-refractivity contribution in [3.8, 4) is 22.6 Å². The summed E-state index contributed by atoms with van der Waals surface area (Å²) in [5, 5.41) is 9.86. The molecule has 0 saturated carbocycles. The first-order chi connectivity index (χ1) is 12.5. The van der Waals surface area contributed by atoms with Crippen LogP contribution in [0.15, 0.2) is 57.9 Å². The fourth-order valence-electron chi connectivity index (χ4n) is 2.67. The maximum absolute atomic E-state index is 12.6. The van der Waals surface area contributed by atoms with E-state index in [0.717, 1.165) is 0 Å². The smallest absolute Gasteiger partial charge is 0.415 e. The second kappa shape index (κ2) is 7.31. The van der Waals surface area contributed by atoms with Crippen molar-refractivity contribution in [2.24, 2.45) is 0 Å². The Morgan fingerprint density at radius 2 is 1.81 bits per heavy atom. The summed E-state index contributed by atoms with van der Waals surface area (Å²) in [4.78, 5) is 26.2. The number of benzene rings is 2. The predicted molar refractivity (Wildman–Crippen MR) is 98.5 cm³/mol. The minimum absolute atomic E-state index is 0.0350. The van der Waals surface area contributed by atoms with Crippen molar-refractivity contribution in [3.05, 3.63) is 59.0 Å². The number of phenols is 1. The number of rotatable bonds is 4. The number of phenolic OH excluding ortho intramolecular Hbond substituents is 1. The molecule has 0 saturated heterocycles. The Kier molecular flexibility index (Phi) is 4.93. The average Bonchev–Trinajstić information content (AvgIpc) is 2.64. The highest BCUT2D eigenvalue weighted by atomic mass is 16.6. The van der Waals surface area contributed by atoms with E-state index in [4.69, 9.17) is 9.15 Å². The molecule has 6 nitrogen and oxygen atoms in total. The lowest BCUT2D eigenvalue weighted by Crippen LogP contribution is -2.33. The van der Waals surface area contributed by atoms with Crippen LogP contribution in [0.4, 0.5) is 4.79 Å². The molecule has 1 amide bonds. The molecule has 0 aliphatic heterocycles. The maximum atomic E-state index is 12.6. The summed E-state index contributed by atoms with van der Waals surface area (Å²) in [5.74, 6) is 0.438. The van der Waals surface area contributed by atoms with Crippen molar-refractivity contribution in [3.63, 3.8) is 0 Å². The van der Waals surface area contributed by atoms with Gasteiger partial charge in [-0.2, -0.15) is 0 Å². The average molecular weight is 353 g/mol. The Balaban J connectivity index is 1.88. The highest BCUT2D eigenvalue weighted by Crippen LogP contribution is 2.24. The van der Waals surface area contributed by atoms with Gasteiger partial charge in [0.1, 0.15) is 23.3 Å². The molecule has 0 unspecified atom stereocenters. The summed E-state index contributed by atoms with van der Waals surface area (Å²) >= 11 is 0. The number of aromatic hydroxyl groups is 1. The third-order valence-electron chi connectivity index (χ3n) is 4.15. The SMILES string of the molecule is CCN(CC)C(=O)Oc1ccc(-c2coc3cc(O)ccc3c2=O)cc1. The molecule has 1 N–H and O–H groups in total. The number of nitrogens with zero attached hydrogens (tertiary/aromatic N) is 1. The number of amides is 1. The van der Waals surface area contributed by atoms with Crippen LogP contribution >= 0.6 is 0 Å². The molecule has 6 heteroatoms. The van der Waals surface area contributed by atoms with E-state index in [1.54, 1.807) is 29.2 Å². The molecule has 0 bridgehead atoms. The molecule has 3 aromatic rings. The zero-order valence-corrected chi connectivity index (χ0v) is 14.6. The third kappa shape index (κ3) is 3.39. The highest BCUT2D eigenvalue weighted by Gasteiger charge is 2.13. The first kappa shape index (κ1) is 17.5. The van der Waals surface area contributed by atoms with Crippen LogP contribution in [0, 0.1) is 0 Å². The van der Waals surface area contributed by atoms with Crippen LogP contribution in [0.25, 0.3) is 22.1 Å². The molecular formula is C20H19NO5. The molecule has 3 rings (SSSR count). The van der Waals surface area contributed by atoms with E-state index in [-0.39, 0.29) is 11.2 Å². The quantitative estimate of drug-likeness (QED) is 0.767. The summed E-state index contributed by atoms with van der Waals surface area (Å²) in [6, 6.07) is 11.0. The maximum Gasteiger partial charge on any atom is 0.415 e. The molecule has 1 heterocycles. The Labute approximate surface area is 150 Å². The van der Waals surface area contributed by atoms with Crippen molar-refractivity contribution in [2.45, 2.75) is 13.8 Å². The Bertz CT molecular complexity index is 987. The first-order valence-corrected chi connectivity index (χ1v) is 8.35. The number of carbonyl (C=O) groups excluding carboxylic acids is 1. The molecule has 0 fully saturated rings. The lowest BCUT2D eigenvalue weighted by Gasteiger charge is -2.17. The van der Waals surface area contributed by atoms with Gasteiger partial charge in [-0.3, -0.25) is 4.79 Å². The van der Waals surface area contributed by atoms with Crippen molar-refractivity contribution in [1.29, 1.82) is 0 Å². The van der Waals surface area contributed by atoms with Gasteiger partial charge in [0.2, 0.25) is 0 Å². The van der Waals surface area contributed by atoms with Crippen LogP contribution in [0.3, 0.4) is 0 Å². The lowest BCUT2D eigenvalue weighted by molar-refractivity contribution is 0.157. The van der Waals surface area contributed by atoms with E-state index in [9.17, 15) is 14.7 Å². The number of fused-ring (bicyclic) bond motifs is 1. The molecule has 0 radical (unpaired) electrons. The van der Waals surface area contributed by atoms with Gasteiger partial charge in [0.25, 0.3) is 0 Å². The van der Waals surface area contributed by atoms with Crippen LogP contribution in [0.1, 0.15) is 13.8 Å². The standard InChI is InChI=1S/C20H19NO5/c1-3-21(4-2)20(24)26-15-8-5-13(6-9-15)17-12-25-18-11-14(22)7-10-16(18)19(17)23/h5-12,22H,3-4H2,1-2H3. The zero-order valence-electron chi connectivity index (χ0n) is 14.6. The third-order valence-corrected chi connectivity index (χ3v) is 4.15. The molecule has 2 aromatic carbocycles. The molecular weight excluding hydrogens is 334 g/mol. The van der Waals surface area contributed by atoms with Gasteiger partial charge in [-0.25, -0.2) is 4.79 Å². The summed E-state index contributed by atoms with van der Waals surface area (Å²) < 4.78 is 10.8. The van der Waals surface area contributed by atoms with Crippen LogP contribution in [0.2, 0.25) is 0 Å². The fourth-order valence-corrected chi connectivity index (χ4v) is 2.67. The molecule has 134 valence electrons. The predicted octanol–water partition coefficient (Wildman–Crippen LogP) is 4.01. The summed E-state index contributed by atoms with van der Waals surface area (Å²) in [6.07, 6.45) is 0.953. The number of carbonyl (C=O) groups is 1. The molecule has 0 aliphatic carbocycles. The van der Waals surface area contributed by atoms with Gasteiger partial charge >= 0.3 is 6.09 Å². The Morgan fingerprint density at radius 1 is 1.12 bits per heavy atom. The summed E-state index contributed by atoms with van der Waals surface area (Å²) in [6.45, 7) is 4.90. The molecule has 26 heavy (non-hydrogen) atoms. The largest absolute Gasteiger partial charge is 0.508 e. The van der Waals surface area contributed by atoms with Crippen molar-refractivity contribution < 1.29 is 19.1 Å². The number of hydrogen-bond acceptors (Lipinski definition) is 5. The van der Waals surface area contributed by atoms with Crippen molar-refractivity contribution in [2.75, 3.05) is 13.1 Å². The van der Waals surface area contributed by atoms with E-state index >= 15 is 0 Å². The fraction of sp³-hybridized carbons (Fsp3) is 0.200. The van der Waals surface area contributed by atoms with Crippen LogP contribution in [-0.2, 0) is 0 Å². The molecule has 0 aliphatic rings. The van der Waals surface area contributed by atoms with Gasteiger partial charge in [-0.05, 0) is 43.7 Å². The summed E-state index contributed by atoms with van der Waals surface area (Å²) in [7, 11) is 0. The molecule has 1 aromatic heterocycles. The van der Waals surface area contributed by atoms with Gasteiger partial charge in [-0.15, -0.1) is 0 Å². The van der Waals surface area contributed by atoms with E-state index in [1.807, 2.05) is 13.8 Å². The van der Waals surface area contributed by atoms with E-state index in [0.29, 0.717) is 40.9 Å². The lowest BCUT2D eigenvalue weighted by atomic mass is 10.1. The summed E-state index contributed by atoms with van der Waals surface area (Å²) in [5.41, 5.74) is 1.17. The Morgan fingerprint density at radius 3 is 2.46 bits per heavy atom. The zero-order chi connectivity index (χ0) is 18.7. The molecule has 0 spiro atoms. The van der Waals surface area contributed by atoms with Crippen LogP contribution < -0.4 is 10.2 Å². The van der Waals surface area contributed by atoms with Crippen LogP contribution in [-0.4, -0.2) is 29.2 Å². The highest BCUT2D eigenvalue weighted by molar-refractivity contribution is 5.82. The minimum Gasteiger partial charge on any atom is -0.508 e. The van der Waals surface area contributed by atoms with Crippen LogP contribution in [0.5, 0.6) is 11.5 Å². The van der Waals surface area contributed by atoms with Crippen molar-refractivity contribution >= 4 is 17.1 Å². The second-order valence-corrected chi connectivity index (χ2v) is 5.72. The van der Waals surface area contributed by atoms with Gasteiger partial charge < -0.3 is 19.2 Å². The topological polar surface area (TPSA) is 80.0 Å². The van der Waals surface area contributed by atoms with E-state index in [2.05, 4.69) is 0 Å². The van der Waals surface area contributed by atoms with Gasteiger partial charge in [0.05, 0.1) is 10.9 Å². The molecule has 0 atom stereocenters. The first-order valence-electron chi connectivity index (χ1n) is 8.35. The monoisotopic (exact) mass is 353 g/mol. The minimum atomic E-state index is -0.409.